The summed E-state index contributed by atoms with van der Waals surface area (Å²) in [6.45, 7) is 9.81. The summed E-state index contributed by atoms with van der Waals surface area (Å²) < 4.78 is 0. The number of aromatic nitrogens is 1. The second-order valence-corrected chi connectivity index (χ2v) is 6.34. The number of aryl methyl sites for hydroxylation is 1. The molecule has 0 saturated carbocycles. The molecule has 2 N–H and O–H groups in total. The Morgan fingerprint density at radius 3 is 3.00 bits per heavy atom. The average Bonchev–Trinajstić information content (AvgIpc) is 2.53. The molecule has 22 heavy (non-hydrogen) atoms. The predicted molar refractivity (Wildman–Crippen MR) is 89.9 cm³/mol. The summed E-state index contributed by atoms with van der Waals surface area (Å²) in [5.74, 6) is 0.331. The molecule has 5 heteroatoms. The minimum Gasteiger partial charge on any atom is -0.383 e. The van der Waals surface area contributed by atoms with Crippen LogP contribution in [0.2, 0.25) is 0 Å². The van der Waals surface area contributed by atoms with Gasteiger partial charge in [-0.1, -0.05) is 0 Å². The molecule has 2 rings (SSSR count). The number of hydrogen-bond donors (Lipinski definition) is 2. The third-order valence-electron chi connectivity index (χ3n) is 4.31. The number of pyridine rings is 1. The highest BCUT2D eigenvalue weighted by atomic mass is 16.1. The van der Waals surface area contributed by atoms with Crippen LogP contribution in [0.3, 0.4) is 0 Å². The molecule has 1 aliphatic heterocycles. The van der Waals surface area contributed by atoms with E-state index in [0.717, 1.165) is 43.7 Å². The number of likely N-dealkylation sites (tertiary alicyclic amines) is 1. The van der Waals surface area contributed by atoms with Crippen molar-refractivity contribution in [1.82, 2.24) is 15.2 Å². The molecule has 0 unspecified atom stereocenters. The third-order valence-corrected chi connectivity index (χ3v) is 4.31. The van der Waals surface area contributed by atoms with Crippen molar-refractivity contribution >= 4 is 11.6 Å². The molecule has 1 fully saturated rings. The predicted octanol–water partition coefficient (Wildman–Crippen LogP) is 2.04. The van der Waals surface area contributed by atoms with Gasteiger partial charge in [0.2, 0.25) is 5.91 Å². The van der Waals surface area contributed by atoms with Crippen molar-refractivity contribution in [2.75, 3.05) is 31.5 Å². The van der Waals surface area contributed by atoms with Crippen molar-refractivity contribution in [1.29, 1.82) is 0 Å². The van der Waals surface area contributed by atoms with E-state index in [-0.39, 0.29) is 11.8 Å². The molecule has 1 amide bonds. The first-order valence-corrected chi connectivity index (χ1v) is 8.24. The van der Waals surface area contributed by atoms with Crippen LogP contribution in [0.15, 0.2) is 18.5 Å². The van der Waals surface area contributed by atoms with Crippen molar-refractivity contribution in [3.8, 4) is 0 Å². The van der Waals surface area contributed by atoms with E-state index in [2.05, 4.69) is 34.4 Å². The van der Waals surface area contributed by atoms with Gasteiger partial charge < -0.3 is 15.5 Å². The molecule has 1 saturated heterocycles. The maximum Gasteiger partial charge on any atom is 0.224 e. The number of nitrogens with one attached hydrogen (secondary N) is 2. The Morgan fingerprint density at radius 1 is 1.45 bits per heavy atom. The van der Waals surface area contributed by atoms with Gasteiger partial charge in [0.15, 0.2) is 0 Å². The summed E-state index contributed by atoms with van der Waals surface area (Å²) in [6.07, 6.45) is 5.73. The van der Waals surface area contributed by atoms with Crippen molar-refractivity contribution in [2.45, 2.75) is 39.7 Å². The fraction of sp³-hybridized carbons (Fsp3) is 0.647. The second-order valence-electron chi connectivity index (χ2n) is 6.34. The number of anilines is 1. The van der Waals surface area contributed by atoms with E-state index in [0.29, 0.717) is 12.6 Å². The third kappa shape index (κ3) is 4.70. The van der Waals surface area contributed by atoms with Gasteiger partial charge in [-0.2, -0.15) is 0 Å². The Morgan fingerprint density at radius 2 is 2.27 bits per heavy atom. The van der Waals surface area contributed by atoms with Crippen LogP contribution in [-0.4, -0.2) is 48.0 Å². The fourth-order valence-electron chi connectivity index (χ4n) is 2.89. The van der Waals surface area contributed by atoms with Crippen molar-refractivity contribution in [2.24, 2.45) is 5.92 Å². The number of hydrogen-bond acceptors (Lipinski definition) is 4. The highest BCUT2D eigenvalue weighted by Gasteiger charge is 2.26. The first kappa shape index (κ1) is 16.7. The molecule has 5 nitrogen and oxygen atoms in total. The molecule has 122 valence electrons. The molecule has 0 aliphatic carbocycles. The summed E-state index contributed by atoms with van der Waals surface area (Å²) >= 11 is 0. The monoisotopic (exact) mass is 304 g/mol. The number of carbonyl (C=O) groups excluding carboxylic acids is 1. The Hall–Kier alpha value is -1.62. The van der Waals surface area contributed by atoms with Gasteiger partial charge >= 0.3 is 0 Å². The molecule has 1 aromatic heterocycles. The van der Waals surface area contributed by atoms with Gasteiger partial charge in [0.1, 0.15) is 0 Å². The van der Waals surface area contributed by atoms with Crippen LogP contribution in [0.4, 0.5) is 5.69 Å². The molecule has 0 bridgehead atoms. The Balaban J connectivity index is 1.70. The van der Waals surface area contributed by atoms with Crippen LogP contribution >= 0.6 is 0 Å². The molecule has 0 aromatic carbocycles. The number of carbonyl (C=O) groups is 1. The summed E-state index contributed by atoms with van der Waals surface area (Å²) in [7, 11) is 0. The lowest BCUT2D eigenvalue weighted by Crippen LogP contribution is -2.46. The maximum absolute atomic E-state index is 12.3. The number of rotatable bonds is 6. The smallest absolute Gasteiger partial charge is 0.224 e. The zero-order valence-corrected chi connectivity index (χ0v) is 13.9. The van der Waals surface area contributed by atoms with E-state index in [9.17, 15) is 4.79 Å². The first-order chi connectivity index (χ1) is 10.6. The SMILES string of the molecule is Cc1cnccc1NCCNC(=O)[C@H]1CCCN(C(C)C)C1. The minimum atomic E-state index is 0.138. The maximum atomic E-state index is 12.3. The summed E-state index contributed by atoms with van der Waals surface area (Å²) in [6, 6.07) is 2.48. The van der Waals surface area contributed by atoms with Crippen molar-refractivity contribution in [3.63, 3.8) is 0 Å². The fourth-order valence-corrected chi connectivity index (χ4v) is 2.89. The van der Waals surface area contributed by atoms with Crippen LogP contribution in [0, 0.1) is 12.8 Å². The number of amides is 1. The van der Waals surface area contributed by atoms with Crippen LogP contribution in [0.25, 0.3) is 0 Å². The van der Waals surface area contributed by atoms with Crippen molar-refractivity contribution < 1.29 is 4.79 Å². The first-order valence-electron chi connectivity index (χ1n) is 8.24. The van der Waals surface area contributed by atoms with Gasteiger partial charge in [0.25, 0.3) is 0 Å². The van der Waals surface area contributed by atoms with Crippen LogP contribution < -0.4 is 10.6 Å². The molecule has 1 atom stereocenters. The molecule has 0 radical (unpaired) electrons. The van der Waals surface area contributed by atoms with Gasteiger partial charge in [-0.05, 0) is 51.8 Å². The molecule has 2 heterocycles. The standard InChI is InChI=1S/C17H28N4O/c1-13(2)21-10-4-5-15(12-21)17(22)20-9-8-19-16-6-7-18-11-14(16)3/h6-7,11,13,15H,4-5,8-10,12H2,1-3H3,(H,18,19)(H,20,22)/t15-/m0/s1. The van der Waals surface area contributed by atoms with Crippen LogP contribution in [0.5, 0.6) is 0 Å². The van der Waals surface area contributed by atoms with E-state index in [1.54, 1.807) is 6.20 Å². The minimum absolute atomic E-state index is 0.138. The zero-order valence-electron chi connectivity index (χ0n) is 13.9. The zero-order chi connectivity index (χ0) is 15.9. The van der Waals surface area contributed by atoms with E-state index in [4.69, 9.17) is 0 Å². The largest absolute Gasteiger partial charge is 0.383 e. The lowest BCUT2D eigenvalue weighted by molar-refractivity contribution is -0.126. The average molecular weight is 304 g/mol. The molecular weight excluding hydrogens is 276 g/mol. The lowest BCUT2D eigenvalue weighted by Gasteiger charge is -2.34. The summed E-state index contributed by atoms with van der Waals surface area (Å²) in [4.78, 5) is 18.7. The number of nitrogens with zero attached hydrogens (tertiary/aromatic N) is 2. The lowest BCUT2D eigenvalue weighted by atomic mass is 9.96. The van der Waals surface area contributed by atoms with Gasteiger partial charge in [0.05, 0.1) is 5.92 Å². The van der Waals surface area contributed by atoms with Crippen molar-refractivity contribution in [3.05, 3.63) is 24.0 Å². The van der Waals surface area contributed by atoms with E-state index >= 15 is 0 Å². The Kier molecular flexibility index (Phi) is 6.19. The number of piperidine rings is 1. The van der Waals surface area contributed by atoms with E-state index < -0.39 is 0 Å². The molecule has 1 aliphatic rings. The Bertz CT molecular complexity index is 489. The molecular formula is C17H28N4O. The van der Waals surface area contributed by atoms with Gasteiger partial charge in [-0.3, -0.25) is 9.78 Å². The molecule has 0 spiro atoms. The normalized spacial score (nSPS) is 19.2. The highest BCUT2D eigenvalue weighted by Crippen LogP contribution is 2.18. The van der Waals surface area contributed by atoms with Gasteiger partial charge in [-0.15, -0.1) is 0 Å². The Labute approximate surface area is 133 Å². The van der Waals surface area contributed by atoms with E-state index in [1.807, 2.05) is 19.2 Å². The summed E-state index contributed by atoms with van der Waals surface area (Å²) in [5, 5.41) is 6.39. The topological polar surface area (TPSA) is 57.3 Å². The van der Waals surface area contributed by atoms with Gasteiger partial charge in [0, 0.05) is 43.8 Å². The molecule has 1 aromatic rings. The van der Waals surface area contributed by atoms with Crippen LogP contribution in [-0.2, 0) is 4.79 Å². The van der Waals surface area contributed by atoms with E-state index in [1.165, 1.54) is 0 Å². The van der Waals surface area contributed by atoms with Crippen LogP contribution in [0.1, 0.15) is 32.3 Å². The second kappa shape index (κ2) is 8.13. The van der Waals surface area contributed by atoms with Gasteiger partial charge in [-0.25, -0.2) is 0 Å². The quantitative estimate of drug-likeness (QED) is 0.790. The highest BCUT2D eigenvalue weighted by molar-refractivity contribution is 5.79. The summed E-state index contributed by atoms with van der Waals surface area (Å²) in [5.41, 5.74) is 2.20.